The van der Waals surface area contributed by atoms with Crippen molar-refractivity contribution in [3.05, 3.63) is 47.7 Å². The van der Waals surface area contributed by atoms with Crippen LogP contribution in [0.15, 0.2) is 36.4 Å². The Morgan fingerprint density at radius 3 is 3.05 bits per heavy atom. The summed E-state index contributed by atoms with van der Waals surface area (Å²) in [5, 5.41) is 3.41. The maximum Gasteiger partial charge on any atom is 0.0943 e. The summed E-state index contributed by atoms with van der Waals surface area (Å²) in [6.45, 7) is 1.52. The zero-order chi connectivity index (χ0) is 13.7. The number of aromatic nitrogens is 1. The van der Waals surface area contributed by atoms with Gasteiger partial charge in [0.15, 0.2) is 0 Å². The number of benzene rings is 1. The van der Waals surface area contributed by atoms with Gasteiger partial charge in [0, 0.05) is 36.2 Å². The van der Waals surface area contributed by atoms with Crippen LogP contribution in [0, 0.1) is 0 Å². The molecule has 2 atom stereocenters. The van der Waals surface area contributed by atoms with Crippen molar-refractivity contribution in [2.45, 2.75) is 18.5 Å². The molecule has 4 nitrogen and oxygen atoms in total. The van der Waals surface area contributed by atoms with Gasteiger partial charge in [-0.2, -0.15) is 5.06 Å². The summed E-state index contributed by atoms with van der Waals surface area (Å²) in [6.07, 6.45) is 5.10. The average molecular weight is 269 g/mol. The van der Waals surface area contributed by atoms with Gasteiger partial charge in [-0.3, -0.25) is 4.84 Å². The van der Waals surface area contributed by atoms with Gasteiger partial charge in [0.05, 0.1) is 12.6 Å². The van der Waals surface area contributed by atoms with Crippen molar-refractivity contribution in [2.75, 3.05) is 13.2 Å². The highest BCUT2D eigenvalue weighted by Gasteiger charge is 2.36. The van der Waals surface area contributed by atoms with Gasteiger partial charge in [-0.25, -0.2) is 0 Å². The lowest BCUT2D eigenvalue weighted by molar-refractivity contribution is -0.182. The van der Waals surface area contributed by atoms with Gasteiger partial charge in [0.2, 0.25) is 0 Å². The first kappa shape index (κ1) is 12.1. The van der Waals surface area contributed by atoms with Crippen molar-refractivity contribution < 1.29 is 4.84 Å². The maximum atomic E-state index is 6.37. The van der Waals surface area contributed by atoms with Crippen molar-refractivity contribution in [1.29, 1.82) is 0 Å². The van der Waals surface area contributed by atoms with Crippen LogP contribution in [0.2, 0.25) is 0 Å². The van der Waals surface area contributed by atoms with E-state index in [0.717, 1.165) is 13.0 Å². The van der Waals surface area contributed by atoms with Crippen molar-refractivity contribution in [1.82, 2.24) is 9.63 Å². The highest BCUT2D eigenvalue weighted by atomic mass is 16.7. The molecule has 0 amide bonds. The molecule has 0 saturated heterocycles. The monoisotopic (exact) mass is 269 g/mol. The molecule has 0 aliphatic carbocycles. The van der Waals surface area contributed by atoms with Gasteiger partial charge in [-0.15, -0.1) is 0 Å². The van der Waals surface area contributed by atoms with Crippen molar-refractivity contribution in [3.63, 3.8) is 0 Å². The van der Waals surface area contributed by atoms with Crippen LogP contribution in [-0.4, -0.2) is 28.8 Å². The number of fused-ring (bicyclic) bond motifs is 5. The fourth-order valence-corrected chi connectivity index (χ4v) is 3.60. The van der Waals surface area contributed by atoms with E-state index < -0.39 is 0 Å². The number of nitrogens with zero attached hydrogens (tertiary/aromatic N) is 2. The standard InChI is InChI=1S/C16H19N3O/c1-18-14-7-3-2-5-11(14)12-8-9-19-16(15(12)18)13(17)6-4-10-20-19/h2-7,13,16H,8-10,17H2,1H3/t13-,16+/m1/s1. The minimum atomic E-state index is -0.0282. The van der Waals surface area contributed by atoms with Crippen molar-refractivity contribution in [2.24, 2.45) is 12.8 Å². The topological polar surface area (TPSA) is 43.4 Å². The summed E-state index contributed by atoms with van der Waals surface area (Å²) in [5.41, 5.74) is 10.4. The summed E-state index contributed by atoms with van der Waals surface area (Å²) < 4.78 is 2.28. The molecule has 3 heterocycles. The van der Waals surface area contributed by atoms with Gasteiger partial charge in [-0.05, 0) is 18.1 Å². The van der Waals surface area contributed by atoms with Crippen LogP contribution >= 0.6 is 0 Å². The number of hydroxylamine groups is 2. The third-order valence-electron chi connectivity index (χ3n) is 4.49. The predicted molar refractivity (Wildman–Crippen MR) is 79.1 cm³/mol. The SMILES string of the molecule is Cn1c2c(c3ccccc31)CCN1OCC=C[C@@H](N)[C@@H]21. The molecule has 0 unspecified atom stereocenters. The summed E-state index contributed by atoms with van der Waals surface area (Å²) in [4.78, 5) is 5.84. The fourth-order valence-electron chi connectivity index (χ4n) is 3.60. The number of aryl methyl sites for hydroxylation is 1. The number of nitrogens with two attached hydrogens (primary N) is 1. The highest BCUT2D eigenvalue weighted by Crippen LogP contribution is 2.38. The summed E-state index contributed by atoms with van der Waals surface area (Å²) in [5.74, 6) is 0. The van der Waals surface area contributed by atoms with Crippen LogP contribution < -0.4 is 5.73 Å². The fraction of sp³-hybridized carbons (Fsp3) is 0.375. The first-order valence-corrected chi connectivity index (χ1v) is 7.15. The Morgan fingerprint density at radius 1 is 1.30 bits per heavy atom. The van der Waals surface area contributed by atoms with Crippen LogP contribution in [0.3, 0.4) is 0 Å². The normalized spacial score (nSPS) is 26.3. The second-order valence-corrected chi connectivity index (χ2v) is 5.58. The molecular weight excluding hydrogens is 250 g/mol. The molecule has 20 heavy (non-hydrogen) atoms. The molecule has 4 rings (SSSR count). The van der Waals surface area contributed by atoms with E-state index >= 15 is 0 Å². The van der Waals surface area contributed by atoms with E-state index in [2.05, 4.69) is 47.0 Å². The first-order valence-electron chi connectivity index (χ1n) is 7.15. The first-order chi connectivity index (χ1) is 9.77. The zero-order valence-electron chi connectivity index (χ0n) is 11.6. The van der Waals surface area contributed by atoms with Crippen molar-refractivity contribution >= 4 is 10.9 Å². The Kier molecular flexibility index (Phi) is 2.70. The van der Waals surface area contributed by atoms with Crippen LogP contribution in [0.5, 0.6) is 0 Å². The molecule has 2 N–H and O–H groups in total. The lowest BCUT2D eigenvalue weighted by Crippen LogP contribution is -2.43. The van der Waals surface area contributed by atoms with E-state index in [1.807, 2.05) is 6.08 Å². The third-order valence-corrected chi connectivity index (χ3v) is 4.49. The molecule has 0 saturated carbocycles. The molecule has 2 aliphatic heterocycles. The lowest BCUT2D eigenvalue weighted by Gasteiger charge is -2.36. The lowest BCUT2D eigenvalue weighted by atomic mass is 9.94. The second-order valence-electron chi connectivity index (χ2n) is 5.58. The van der Waals surface area contributed by atoms with E-state index in [1.165, 1.54) is 22.2 Å². The average Bonchev–Trinajstić information content (AvgIpc) is 2.64. The van der Waals surface area contributed by atoms with E-state index in [0.29, 0.717) is 6.61 Å². The molecule has 0 radical (unpaired) electrons. The molecule has 2 aliphatic rings. The number of hydrogen-bond acceptors (Lipinski definition) is 3. The van der Waals surface area contributed by atoms with Crippen LogP contribution in [0.25, 0.3) is 10.9 Å². The molecule has 4 heteroatoms. The molecule has 0 bridgehead atoms. The quantitative estimate of drug-likeness (QED) is 0.743. The molecule has 104 valence electrons. The highest BCUT2D eigenvalue weighted by molar-refractivity contribution is 5.86. The minimum absolute atomic E-state index is 0.0282. The Bertz CT molecular complexity index is 688. The zero-order valence-corrected chi connectivity index (χ0v) is 11.6. The van der Waals surface area contributed by atoms with E-state index in [-0.39, 0.29) is 12.1 Å². The predicted octanol–water partition coefficient (Wildman–Crippen LogP) is 1.91. The number of para-hydroxylation sites is 1. The van der Waals surface area contributed by atoms with Gasteiger partial charge in [-0.1, -0.05) is 30.4 Å². The molecule has 1 aromatic carbocycles. The molecule has 0 fully saturated rings. The second kappa shape index (κ2) is 4.45. The minimum Gasteiger partial charge on any atom is -0.346 e. The third kappa shape index (κ3) is 1.59. The molecule has 0 spiro atoms. The van der Waals surface area contributed by atoms with E-state index in [1.54, 1.807) is 0 Å². The van der Waals surface area contributed by atoms with Crippen molar-refractivity contribution in [3.8, 4) is 0 Å². The number of hydrogen-bond donors (Lipinski definition) is 1. The summed E-state index contributed by atoms with van der Waals surface area (Å²) in [7, 11) is 2.13. The van der Waals surface area contributed by atoms with Gasteiger partial charge < -0.3 is 10.3 Å². The van der Waals surface area contributed by atoms with E-state index in [4.69, 9.17) is 10.6 Å². The van der Waals surface area contributed by atoms with Gasteiger partial charge >= 0.3 is 0 Å². The molecular formula is C16H19N3O. The van der Waals surface area contributed by atoms with Crippen LogP contribution in [-0.2, 0) is 18.3 Å². The molecule has 2 aromatic rings. The Hall–Kier alpha value is -1.62. The summed E-state index contributed by atoms with van der Waals surface area (Å²) in [6, 6.07) is 8.67. The van der Waals surface area contributed by atoms with Crippen LogP contribution in [0.1, 0.15) is 17.3 Å². The van der Waals surface area contributed by atoms with E-state index in [9.17, 15) is 0 Å². The van der Waals surface area contributed by atoms with Gasteiger partial charge in [0.25, 0.3) is 0 Å². The number of rotatable bonds is 0. The van der Waals surface area contributed by atoms with Crippen LogP contribution in [0.4, 0.5) is 0 Å². The Morgan fingerprint density at radius 2 is 2.15 bits per heavy atom. The summed E-state index contributed by atoms with van der Waals surface area (Å²) >= 11 is 0. The molecule has 1 aromatic heterocycles. The Balaban J connectivity index is 1.96. The van der Waals surface area contributed by atoms with Gasteiger partial charge in [0.1, 0.15) is 0 Å². The maximum absolute atomic E-state index is 6.37. The Labute approximate surface area is 118 Å². The largest absolute Gasteiger partial charge is 0.346 e. The smallest absolute Gasteiger partial charge is 0.0943 e.